The number of carbonyl (C=O) groups is 3. The van der Waals surface area contributed by atoms with E-state index in [0.717, 1.165) is 10.5 Å². The Balaban J connectivity index is 1.37. The van der Waals surface area contributed by atoms with Crippen molar-refractivity contribution >= 4 is 70.1 Å². The number of hydrogen-bond acceptors (Lipinski definition) is 6. The lowest BCUT2D eigenvalue weighted by Gasteiger charge is -2.18. The molecule has 248 valence electrons. The summed E-state index contributed by atoms with van der Waals surface area (Å²) in [5, 5.41) is 8.70. The van der Waals surface area contributed by atoms with Crippen LogP contribution >= 0.6 is 35.0 Å². The van der Waals surface area contributed by atoms with Crippen molar-refractivity contribution in [2.75, 3.05) is 24.9 Å². The number of hydrogen-bond donors (Lipinski definition) is 3. The Morgan fingerprint density at radius 2 is 1.37 bits per heavy atom. The van der Waals surface area contributed by atoms with Crippen molar-refractivity contribution in [3.8, 4) is 11.5 Å². The molecule has 0 bridgehead atoms. The largest absolute Gasteiger partial charge is 0.493 e. The second-order valence-electron chi connectivity index (χ2n) is 10.5. The molecule has 8 nitrogen and oxygen atoms in total. The van der Waals surface area contributed by atoms with Gasteiger partial charge in [0.25, 0.3) is 11.8 Å². The van der Waals surface area contributed by atoms with Gasteiger partial charge in [0.1, 0.15) is 10.9 Å². The molecule has 0 aliphatic rings. The summed E-state index contributed by atoms with van der Waals surface area (Å²) < 4.78 is 10.9. The molecule has 0 aliphatic heterocycles. The molecule has 0 aliphatic carbocycles. The second-order valence-corrected chi connectivity index (χ2v) is 12.5. The summed E-state index contributed by atoms with van der Waals surface area (Å²) in [5.74, 6) is -0.403. The summed E-state index contributed by atoms with van der Waals surface area (Å²) in [5.41, 5.74) is 2.65. The van der Waals surface area contributed by atoms with Crippen LogP contribution in [0.5, 0.6) is 11.5 Å². The van der Waals surface area contributed by atoms with Gasteiger partial charge in [0.05, 0.1) is 14.2 Å². The van der Waals surface area contributed by atoms with E-state index in [0.29, 0.717) is 44.0 Å². The molecule has 3 amide bonds. The number of carbonyl (C=O) groups excluding carboxylic acids is 3. The molecule has 5 aromatic carbocycles. The quantitative estimate of drug-likeness (QED) is 0.0882. The maximum absolute atomic E-state index is 13.7. The SMILES string of the molecule is COc1cccc(/C=C(\NC(=O)c2ccccc2)C(=O)Nc2ccc(SC(C(=O)Nc3cc(Cl)cc(Cl)c3)c3ccccc3)cc2)c1OC. The van der Waals surface area contributed by atoms with E-state index in [1.165, 1.54) is 32.1 Å². The lowest BCUT2D eigenvalue weighted by atomic mass is 10.1. The lowest BCUT2D eigenvalue weighted by molar-refractivity contribution is -0.116. The fraction of sp³-hybridized carbons (Fsp3) is 0.0789. The average molecular weight is 713 g/mol. The smallest absolute Gasteiger partial charge is 0.272 e. The summed E-state index contributed by atoms with van der Waals surface area (Å²) in [6.07, 6.45) is 1.53. The topological polar surface area (TPSA) is 106 Å². The van der Waals surface area contributed by atoms with Crippen LogP contribution in [0.4, 0.5) is 11.4 Å². The third kappa shape index (κ3) is 9.45. The van der Waals surface area contributed by atoms with E-state index in [2.05, 4.69) is 16.0 Å². The number of para-hydroxylation sites is 1. The molecule has 1 atom stereocenters. The number of anilines is 2. The molecule has 1 unspecified atom stereocenters. The van der Waals surface area contributed by atoms with Crippen LogP contribution in [0.2, 0.25) is 10.0 Å². The molecule has 0 fully saturated rings. The van der Waals surface area contributed by atoms with E-state index < -0.39 is 17.1 Å². The van der Waals surface area contributed by atoms with Gasteiger partial charge in [-0.05, 0) is 72.3 Å². The Kier molecular flexibility index (Phi) is 12.0. The van der Waals surface area contributed by atoms with Gasteiger partial charge in [-0.3, -0.25) is 14.4 Å². The fourth-order valence-electron chi connectivity index (χ4n) is 4.81. The van der Waals surface area contributed by atoms with Gasteiger partial charge in [0, 0.05) is 37.4 Å². The first-order valence-corrected chi connectivity index (χ1v) is 16.6. The second kappa shape index (κ2) is 16.7. The Bertz CT molecular complexity index is 1950. The molecule has 0 aromatic heterocycles. The van der Waals surface area contributed by atoms with Gasteiger partial charge in [-0.1, -0.05) is 83.9 Å². The molecule has 0 saturated heterocycles. The van der Waals surface area contributed by atoms with Crippen LogP contribution in [-0.4, -0.2) is 31.9 Å². The highest BCUT2D eigenvalue weighted by atomic mass is 35.5. The van der Waals surface area contributed by atoms with Crippen LogP contribution in [0.15, 0.2) is 132 Å². The van der Waals surface area contributed by atoms with Gasteiger partial charge in [-0.15, -0.1) is 11.8 Å². The van der Waals surface area contributed by atoms with Gasteiger partial charge in [0.2, 0.25) is 5.91 Å². The van der Waals surface area contributed by atoms with Crippen molar-refractivity contribution in [2.45, 2.75) is 10.1 Å². The van der Waals surface area contributed by atoms with Crippen molar-refractivity contribution in [3.63, 3.8) is 0 Å². The predicted octanol–water partition coefficient (Wildman–Crippen LogP) is 8.89. The Hall–Kier alpha value is -5.22. The van der Waals surface area contributed by atoms with Crippen molar-refractivity contribution in [2.24, 2.45) is 0 Å². The number of thioether (sulfide) groups is 1. The van der Waals surface area contributed by atoms with Crippen LogP contribution in [-0.2, 0) is 9.59 Å². The fourth-order valence-corrected chi connectivity index (χ4v) is 6.36. The minimum Gasteiger partial charge on any atom is -0.493 e. The lowest BCUT2D eigenvalue weighted by Crippen LogP contribution is -2.30. The molecule has 5 aromatic rings. The van der Waals surface area contributed by atoms with E-state index >= 15 is 0 Å². The monoisotopic (exact) mass is 711 g/mol. The Morgan fingerprint density at radius 3 is 2.00 bits per heavy atom. The first-order chi connectivity index (χ1) is 23.7. The zero-order valence-electron chi connectivity index (χ0n) is 26.4. The number of amides is 3. The zero-order chi connectivity index (χ0) is 34.8. The highest BCUT2D eigenvalue weighted by Crippen LogP contribution is 2.37. The summed E-state index contributed by atoms with van der Waals surface area (Å²) in [6.45, 7) is 0. The average Bonchev–Trinajstić information content (AvgIpc) is 3.11. The van der Waals surface area contributed by atoms with E-state index in [1.807, 2.05) is 30.3 Å². The van der Waals surface area contributed by atoms with Gasteiger partial charge < -0.3 is 25.4 Å². The first kappa shape index (κ1) is 35.1. The van der Waals surface area contributed by atoms with Gasteiger partial charge in [-0.25, -0.2) is 0 Å². The number of rotatable bonds is 12. The van der Waals surface area contributed by atoms with Crippen molar-refractivity contribution in [1.29, 1.82) is 0 Å². The Morgan fingerprint density at radius 1 is 0.714 bits per heavy atom. The zero-order valence-corrected chi connectivity index (χ0v) is 28.7. The van der Waals surface area contributed by atoms with Crippen LogP contribution in [0.1, 0.15) is 26.7 Å². The van der Waals surface area contributed by atoms with Gasteiger partial charge in [-0.2, -0.15) is 0 Å². The van der Waals surface area contributed by atoms with Gasteiger partial charge >= 0.3 is 0 Å². The molecule has 49 heavy (non-hydrogen) atoms. The van der Waals surface area contributed by atoms with Crippen molar-refractivity contribution < 1.29 is 23.9 Å². The number of nitrogens with one attached hydrogen (secondary N) is 3. The molecule has 3 N–H and O–H groups in total. The standard InChI is InChI=1S/C38H31Cl2N3O5S/c1-47-33-15-9-14-26(34(33)48-2)20-32(43-36(44)25-12-7-4-8-13-25)37(45)41-29-16-18-31(19-17-29)49-35(24-10-5-3-6-11-24)38(46)42-30-22-27(39)21-28(40)23-30/h3-23,35H,1-2H3,(H,41,45)(H,42,46)(H,43,44)/b32-20-. The van der Waals surface area contributed by atoms with Crippen LogP contribution < -0.4 is 25.4 Å². The Labute approximate surface area is 298 Å². The van der Waals surface area contributed by atoms with Crippen molar-refractivity contribution in [1.82, 2.24) is 5.32 Å². The maximum Gasteiger partial charge on any atom is 0.272 e. The molecule has 0 spiro atoms. The third-order valence-electron chi connectivity index (χ3n) is 7.10. The number of ether oxygens (including phenoxy) is 2. The van der Waals surface area contributed by atoms with Gasteiger partial charge in [0.15, 0.2) is 11.5 Å². The van der Waals surface area contributed by atoms with Crippen LogP contribution in [0, 0.1) is 0 Å². The molecule has 0 radical (unpaired) electrons. The highest BCUT2D eigenvalue weighted by molar-refractivity contribution is 8.00. The maximum atomic E-state index is 13.7. The minimum atomic E-state index is -0.611. The minimum absolute atomic E-state index is 0.0132. The highest BCUT2D eigenvalue weighted by Gasteiger charge is 2.23. The molecule has 0 heterocycles. The van der Waals surface area contributed by atoms with Crippen LogP contribution in [0.25, 0.3) is 6.08 Å². The normalized spacial score (nSPS) is 11.6. The summed E-state index contributed by atoms with van der Waals surface area (Å²) >= 11 is 13.6. The van der Waals surface area contributed by atoms with E-state index in [4.69, 9.17) is 32.7 Å². The molecule has 0 saturated carbocycles. The van der Waals surface area contributed by atoms with E-state index in [1.54, 1.807) is 91.0 Å². The predicted molar refractivity (Wildman–Crippen MR) is 197 cm³/mol. The summed E-state index contributed by atoms with van der Waals surface area (Å²) in [4.78, 5) is 41.1. The first-order valence-electron chi connectivity index (χ1n) is 14.9. The number of methoxy groups -OCH3 is 2. The number of halogens is 2. The summed E-state index contributed by atoms with van der Waals surface area (Å²) in [7, 11) is 3.01. The summed E-state index contributed by atoms with van der Waals surface area (Å²) in [6, 6.07) is 35.1. The molecular weight excluding hydrogens is 681 g/mol. The molecule has 11 heteroatoms. The molecular formula is C38H31Cl2N3O5S. The van der Waals surface area contributed by atoms with Crippen molar-refractivity contribution in [3.05, 3.63) is 154 Å². The van der Waals surface area contributed by atoms with E-state index in [9.17, 15) is 14.4 Å². The van der Waals surface area contributed by atoms with E-state index in [-0.39, 0.29) is 11.6 Å². The van der Waals surface area contributed by atoms with Crippen LogP contribution in [0.3, 0.4) is 0 Å². The molecule has 5 rings (SSSR count). The third-order valence-corrected chi connectivity index (χ3v) is 8.80. The number of benzene rings is 5.